The molecule has 0 N–H and O–H groups in total. The lowest BCUT2D eigenvalue weighted by molar-refractivity contribution is -0.724. The Balaban J connectivity index is 0.00000182. The van der Waals surface area contributed by atoms with Crippen LogP contribution in [0.25, 0.3) is 16.9 Å². The van der Waals surface area contributed by atoms with Crippen LogP contribution in [0.5, 0.6) is 0 Å². The van der Waals surface area contributed by atoms with E-state index in [0.717, 1.165) is 35.7 Å². The molecule has 0 bridgehead atoms. The maximum Gasteiger partial charge on any atom is 0.323 e. The molecule has 0 amide bonds. The minimum absolute atomic E-state index is 0. The van der Waals surface area contributed by atoms with Gasteiger partial charge >= 0.3 is 5.16 Å². The third kappa shape index (κ3) is 3.27. The molecule has 7 heteroatoms. The van der Waals surface area contributed by atoms with Crippen LogP contribution in [0, 0.1) is 10.1 Å². The van der Waals surface area contributed by atoms with Gasteiger partial charge in [-0.25, -0.2) is 4.57 Å². The number of fused-ring (bicyclic) bond motifs is 1. The van der Waals surface area contributed by atoms with Gasteiger partial charge in [0, 0.05) is 23.4 Å². The summed E-state index contributed by atoms with van der Waals surface area (Å²) in [4.78, 5) is 10.7. The Morgan fingerprint density at radius 3 is 2.68 bits per heavy atom. The number of non-ortho nitro benzene ring substituents is 1. The zero-order chi connectivity index (χ0) is 16.5. The van der Waals surface area contributed by atoms with E-state index in [1.54, 1.807) is 12.1 Å². The van der Waals surface area contributed by atoms with Crippen LogP contribution in [0.2, 0.25) is 0 Å². The maximum absolute atomic E-state index is 11.1. The molecule has 2 aromatic carbocycles. The molecule has 25 heavy (non-hydrogen) atoms. The second kappa shape index (κ2) is 7.29. The summed E-state index contributed by atoms with van der Waals surface area (Å²) in [6.07, 6.45) is 3.19. The van der Waals surface area contributed by atoms with E-state index < -0.39 is 0 Å². The molecule has 0 saturated carbocycles. The van der Waals surface area contributed by atoms with Crippen LogP contribution >= 0.6 is 11.8 Å². The van der Waals surface area contributed by atoms with E-state index in [2.05, 4.69) is 27.5 Å². The second-order valence-corrected chi connectivity index (χ2v) is 6.73. The summed E-state index contributed by atoms with van der Waals surface area (Å²) in [5.74, 6) is 1.09. The largest absolute Gasteiger partial charge is 1.00 e. The zero-order valence-corrected chi connectivity index (χ0v) is 14.9. The Morgan fingerprint density at radius 1 is 1.12 bits per heavy atom. The Hall–Kier alpha value is -2.31. The van der Waals surface area contributed by atoms with Gasteiger partial charge in [0.2, 0.25) is 0 Å². The molecule has 128 valence electrons. The standard InChI is InChI=1S/C18H16N3O2S.ClH/c22-21(23)16-9-4-6-14(12-16)17-13-20(15-7-2-1-3-8-15)18-19(17)10-5-11-24-18;/h1-4,6-9,12-13H,5,10-11H2;1H/q+1;/p-1. The first-order chi connectivity index (χ1) is 11.7. The van der Waals surface area contributed by atoms with Crippen molar-refractivity contribution >= 4 is 17.4 Å². The fourth-order valence-electron chi connectivity index (χ4n) is 3.01. The Labute approximate surface area is 155 Å². The van der Waals surface area contributed by atoms with Crippen LogP contribution in [0.15, 0.2) is 66.0 Å². The number of hydrogen-bond donors (Lipinski definition) is 0. The van der Waals surface area contributed by atoms with Crippen molar-refractivity contribution in [2.45, 2.75) is 18.1 Å². The number of hydrogen-bond acceptors (Lipinski definition) is 3. The second-order valence-electron chi connectivity index (χ2n) is 5.66. The number of aromatic nitrogens is 2. The quantitative estimate of drug-likeness (QED) is 0.388. The Morgan fingerprint density at radius 2 is 1.92 bits per heavy atom. The van der Waals surface area contributed by atoms with Crippen molar-refractivity contribution in [2.75, 3.05) is 5.75 Å². The number of para-hydroxylation sites is 1. The van der Waals surface area contributed by atoms with Crippen LogP contribution in [-0.2, 0) is 6.54 Å². The van der Waals surface area contributed by atoms with Crippen LogP contribution < -0.4 is 17.0 Å². The average molecular weight is 374 g/mol. The lowest BCUT2D eigenvalue weighted by Gasteiger charge is -2.10. The van der Waals surface area contributed by atoms with Gasteiger partial charge in [0.15, 0.2) is 5.69 Å². The van der Waals surface area contributed by atoms with Crippen LogP contribution in [-0.4, -0.2) is 15.2 Å². The van der Waals surface area contributed by atoms with Crippen molar-refractivity contribution in [3.8, 4) is 16.9 Å². The van der Waals surface area contributed by atoms with Crippen molar-refractivity contribution in [1.82, 2.24) is 4.57 Å². The number of halogens is 1. The van der Waals surface area contributed by atoms with Gasteiger partial charge in [-0.15, -0.1) is 0 Å². The van der Waals surface area contributed by atoms with Crippen LogP contribution in [0.4, 0.5) is 5.69 Å². The predicted molar refractivity (Wildman–Crippen MR) is 93.4 cm³/mol. The topological polar surface area (TPSA) is 52.0 Å². The highest BCUT2D eigenvalue weighted by Gasteiger charge is 2.29. The number of nitro groups is 1. The van der Waals surface area contributed by atoms with E-state index in [1.165, 1.54) is 11.2 Å². The summed E-state index contributed by atoms with van der Waals surface area (Å²) in [6.45, 7) is 0.931. The van der Waals surface area contributed by atoms with E-state index in [0.29, 0.717) is 0 Å². The van der Waals surface area contributed by atoms with E-state index >= 15 is 0 Å². The molecule has 0 aliphatic carbocycles. The molecule has 0 saturated heterocycles. The lowest BCUT2D eigenvalue weighted by atomic mass is 10.1. The molecular formula is C18H16ClN3O2S. The smallest absolute Gasteiger partial charge is 0.323 e. The first kappa shape index (κ1) is 17.5. The molecular weight excluding hydrogens is 358 g/mol. The van der Waals surface area contributed by atoms with Gasteiger partial charge in [-0.2, -0.15) is 4.57 Å². The van der Waals surface area contributed by atoms with Crippen molar-refractivity contribution in [2.24, 2.45) is 0 Å². The molecule has 4 rings (SSSR count). The predicted octanol–water partition coefficient (Wildman–Crippen LogP) is 0.840. The maximum atomic E-state index is 11.1. The van der Waals surface area contributed by atoms with Gasteiger partial charge in [-0.05, 0) is 30.3 Å². The molecule has 2 heterocycles. The lowest BCUT2D eigenvalue weighted by Crippen LogP contribution is -3.00. The van der Waals surface area contributed by atoms with Gasteiger partial charge < -0.3 is 12.4 Å². The molecule has 0 unspecified atom stereocenters. The Kier molecular flexibility index (Phi) is 5.11. The summed E-state index contributed by atoms with van der Waals surface area (Å²) < 4.78 is 4.44. The van der Waals surface area contributed by atoms with Gasteiger partial charge in [0.25, 0.3) is 5.69 Å². The monoisotopic (exact) mass is 373 g/mol. The SMILES string of the molecule is O=[N+]([O-])c1cccc(-c2cn(-c3ccccc3)c3[n+]2CCCS3)c1.[Cl-]. The summed E-state index contributed by atoms with van der Waals surface area (Å²) in [6, 6.07) is 17.1. The molecule has 1 aliphatic heterocycles. The fourth-order valence-corrected chi connectivity index (χ4v) is 4.11. The first-order valence-corrected chi connectivity index (χ1v) is 8.81. The van der Waals surface area contributed by atoms with E-state index in [4.69, 9.17) is 0 Å². The van der Waals surface area contributed by atoms with E-state index in [9.17, 15) is 10.1 Å². The van der Waals surface area contributed by atoms with Crippen molar-refractivity contribution < 1.29 is 21.9 Å². The minimum atomic E-state index is -0.344. The van der Waals surface area contributed by atoms with Crippen molar-refractivity contribution in [1.29, 1.82) is 0 Å². The number of rotatable bonds is 3. The minimum Gasteiger partial charge on any atom is -1.00 e. The molecule has 0 radical (unpaired) electrons. The number of benzene rings is 2. The molecule has 5 nitrogen and oxygen atoms in total. The highest BCUT2D eigenvalue weighted by Crippen LogP contribution is 2.30. The summed E-state index contributed by atoms with van der Waals surface area (Å²) in [7, 11) is 0. The van der Waals surface area contributed by atoms with Crippen LogP contribution in [0.3, 0.4) is 0 Å². The normalized spacial score (nSPS) is 13.0. The summed E-state index contributed by atoms with van der Waals surface area (Å²) in [5, 5.41) is 12.3. The average Bonchev–Trinajstić information content (AvgIpc) is 3.02. The molecule has 0 spiro atoms. The first-order valence-electron chi connectivity index (χ1n) is 7.82. The summed E-state index contributed by atoms with van der Waals surface area (Å²) >= 11 is 1.83. The number of imidazole rings is 1. The number of thioether (sulfide) groups is 1. The number of nitrogens with zero attached hydrogens (tertiary/aromatic N) is 3. The highest BCUT2D eigenvalue weighted by atomic mass is 35.5. The fraction of sp³-hybridized carbons (Fsp3) is 0.167. The van der Waals surface area contributed by atoms with Gasteiger partial charge in [0.1, 0.15) is 11.9 Å². The van der Waals surface area contributed by atoms with E-state index in [1.807, 2.05) is 36.0 Å². The molecule has 0 fully saturated rings. The van der Waals surface area contributed by atoms with Crippen LogP contribution in [0.1, 0.15) is 6.42 Å². The molecule has 1 aromatic heterocycles. The zero-order valence-electron chi connectivity index (χ0n) is 13.3. The molecule has 3 aromatic rings. The molecule has 1 aliphatic rings. The van der Waals surface area contributed by atoms with Gasteiger partial charge in [-0.1, -0.05) is 30.3 Å². The third-order valence-electron chi connectivity index (χ3n) is 4.12. The molecule has 0 atom stereocenters. The van der Waals surface area contributed by atoms with Crippen molar-refractivity contribution in [3.05, 3.63) is 70.9 Å². The van der Waals surface area contributed by atoms with Gasteiger partial charge in [0.05, 0.1) is 11.5 Å². The van der Waals surface area contributed by atoms with E-state index in [-0.39, 0.29) is 23.0 Å². The third-order valence-corrected chi connectivity index (χ3v) is 5.29. The van der Waals surface area contributed by atoms with Gasteiger partial charge in [-0.3, -0.25) is 10.1 Å². The van der Waals surface area contributed by atoms with Crippen molar-refractivity contribution in [3.63, 3.8) is 0 Å². The Bertz CT molecular complexity index is 912. The highest BCUT2D eigenvalue weighted by molar-refractivity contribution is 7.99. The number of nitro benzene ring substituents is 1. The summed E-state index contributed by atoms with van der Waals surface area (Å²) in [5.41, 5.74) is 3.12.